The Morgan fingerprint density at radius 1 is 1.35 bits per heavy atom. The van der Waals surface area contributed by atoms with Gasteiger partial charge in [0.15, 0.2) is 11.4 Å². The predicted molar refractivity (Wildman–Crippen MR) is 85.3 cm³/mol. The SMILES string of the molecule is O=S(=O)(Cc1ccc(F)cc1F)N1CC[C@@](O)(c2nc(C3CC3)no2)C1. The molecule has 2 aliphatic rings. The first-order valence-corrected chi connectivity index (χ1v) is 9.86. The molecule has 1 atom stereocenters. The summed E-state index contributed by atoms with van der Waals surface area (Å²) >= 11 is 0. The second-order valence-corrected chi connectivity index (χ2v) is 8.81. The zero-order valence-corrected chi connectivity index (χ0v) is 14.5. The molecular formula is C16H17F2N3O4S. The van der Waals surface area contributed by atoms with E-state index in [4.69, 9.17) is 4.52 Å². The van der Waals surface area contributed by atoms with E-state index >= 15 is 0 Å². The molecule has 140 valence electrons. The Morgan fingerprint density at radius 2 is 2.12 bits per heavy atom. The molecule has 0 unspecified atom stereocenters. The van der Waals surface area contributed by atoms with E-state index in [1.807, 2.05) is 0 Å². The monoisotopic (exact) mass is 385 g/mol. The molecule has 1 saturated carbocycles. The number of rotatable bonds is 5. The largest absolute Gasteiger partial charge is 0.379 e. The van der Waals surface area contributed by atoms with Crippen molar-refractivity contribution in [3.05, 3.63) is 47.1 Å². The summed E-state index contributed by atoms with van der Waals surface area (Å²) in [6, 6.07) is 2.75. The highest BCUT2D eigenvalue weighted by Gasteiger charge is 2.47. The second kappa shape index (κ2) is 6.07. The molecule has 7 nitrogen and oxygen atoms in total. The zero-order valence-electron chi connectivity index (χ0n) is 13.7. The molecule has 2 aromatic rings. The molecule has 1 aliphatic heterocycles. The summed E-state index contributed by atoms with van der Waals surface area (Å²) < 4.78 is 58.1. The lowest BCUT2D eigenvalue weighted by Gasteiger charge is -2.19. The Kier molecular flexibility index (Phi) is 4.08. The van der Waals surface area contributed by atoms with Crippen molar-refractivity contribution in [3.8, 4) is 0 Å². The Labute approximate surface area is 148 Å². The van der Waals surface area contributed by atoms with Gasteiger partial charge in [0.25, 0.3) is 5.89 Å². The predicted octanol–water partition coefficient (Wildman–Crippen LogP) is 1.65. The molecule has 1 aliphatic carbocycles. The van der Waals surface area contributed by atoms with E-state index in [0.29, 0.717) is 11.9 Å². The van der Waals surface area contributed by atoms with E-state index in [0.717, 1.165) is 29.3 Å². The minimum absolute atomic E-state index is 0.00469. The van der Waals surface area contributed by atoms with Crippen molar-refractivity contribution in [2.24, 2.45) is 0 Å². The first-order chi connectivity index (χ1) is 12.3. The number of nitrogens with zero attached hydrogens (tertiary/aromatic N) is 3. The highest BCUT2D eigenvalue weighted by atomic mass is 32.2. The average molecular weight is 385 g/mol. The van der Waals surface area contributed by atoms with Crippen molar-refractivity contribution < 1.29 is 26.8 Å². The van der Waals surface area contributed by atoms with Crippen molar-refractivity contribution in [2.45, 2.75) is 36.5 Å². The number of benzene rings is 1. The third-order valence-electron chi connectivity index (χ3n) is 4.74. The van der Waals surface area contributed by atoms with Crippen LogP contribution in [0.5, 0.6) is 0 Å². The van der Waals surface area contributed by atoms with Gasteiger partial charge in [-0.1, -0.05) is 11.2 Å². The van der Waals surface area contributed by atoms with E-state index in [1.165, 1.54) is 0 Å². The minimum Gasteiger partial charge on any atom is -0.379 e. The number of aromatic nitrogens is 2. The molecule has 2 fully saturated rings. The summed E-state index contributed by atoms with van der Waals surface area (Å²) in [5.41, 5.74) is -1.69. The Morgan fingerprint density at radius 3 is 2.81 bits per heavy atom. The van der Waals surface area contributed by atoms with E-state index in [-0.39, 0.29) is 36.9 Å². The molecule has 10 heteroatoms. The van der Waals surface area contributed by atoms with Crippen LogP contribution in [0.2, 0.25) is 0 Å². The summed E-state index contributed by atoms with van der Waals surface area (Å²) in [6.45, 7) is -0.201. The molecule has 1 aromatic carbocycles. The Balaban J connectivity index is 1.51. The van der Waals surface area contributed by atoms with Crippen LogP contribution in [-0.2, 0) is 21.4 Å². The maximum Gasteiger partial charge on any atom is 0.260 e. The van der Waals surface area contributed by atoms with Crippen LogP contribution >= 0.6 is 0 Å². The number of hydrogen-bond acceptors (Lipinski definition) is 6. The Bertz CT molecular complexity index is 945. The van der Waals surface area contributed by atoms with Crippen LogP contribution in [0, 0.1) is 11.6 Å². The summed E-state index contributed by atoms with van der Waals surface area (Å²) in [4.78, 5) is 4.20. The van der Waals surface area contributed by atoms with E-state index < -0.39 is 33.0 Å². The van der Waals surface area contributed by atoms with Crippen molar-refractivity contribution in [3.63, 3.8) is 0 Å². The van der Waals surface area contributed by atoms with Gasteiger partial charge >= 0.3 is 0 Å². The number of β-amino-alcohol motifs (C(OH)–C–C–N with tert-alkyl or cyclic N) is 1. The lowest BCUT2D eigenvalue weighted by Crippen LogP contribution is -2.35. The first-order valence-electron chi connectivity index (χ1n) is 8.25. The molecule has 1 saturated heterocycles. The molecule has 0 amide bonds. The van der Waals surface area contributed by atoms with Gasteiger partial charge in [-0.15, -0.1) is 0 Å². The maximum atomic E-state index is 13.8. The fourth-order valence-corrected chi connectivity index (χ4v) is 4.62. The standard InChI is InChI=1S/C16H17F2N3O4S/c17-12-4-3-11(13(18)7-12)8-26(23,24)21-6-5-16(22,9-21)15-19-14(20-25-15)10-1-2-10/h3-4,7,10,22H,1-2,5-6,8-9H2/t16-/m0/s1. The van der Waals surface area contributed by atoms with Crippen molar-refractivity contribution >= 4 is 10.0 Å². The van der Waals surface area contributed by atoms with Crippen LogP contribution in [0.15, 0.2) is 22.7 Å². The van der Waals surface area contributed by atoms with Crippen molar-refractivity contribution in [1.82, 2.24) is 14.4 Å². The van der Waals surface area contributed by atoms with Crippen molar-refractivity contribution in [1.29, 1.82) is 0 Å². The zero-order chi connectivity index (χ0) is 18.5. The van der Waals surface area contributed by atoms with Gasteiger partial charge in [0.2, 0.25) is 10.0 Å². The number of halogens is 2. The normalized spacial score (nSPS) is 24.3. The summed E-state index contributed by atoms with van der Waals surface area (Å²) in [5.74, 6) is -1.53. The highest BCUT2D eigenvalue weighted by molar-refractivity contribution is 7.88. The Hall–Kier alpha value is -1.91. The molecule has 26 heavy (non-hydrogen) atoms. The maximum absolute atomic E-state index is 13.8. The quantitative estimate of drug-likeness (QED) is 0.841. The fourth-order valence-electron chi connectivity index (χ4n) is 3.03. The van der Waals surface area contributed by atoms with Crippen LogP contribution < -0.4 is 0 Å². The van der Waals surface area contributed by atoms with Crippen LogP contribution in [0.1, 0.15) is 42.5 Å². The molecule has 2 heterocycles. The van der Waals surface area contributed by atoms with E-state index in [9.17, 15) is 22.3 Å². The van der Waals surface area contributed by atoms with Gasteiger partial charge in [-0.3, -0.25) is 0 Å². The average Bonchev–Trinajstić information content (AvgIpc) is 3.14. The molecule has 0 radical (unpaired) electrons. The number of hydrogen-bond donors (Lipinski definition) is 1. The van der Waals surface area contributed by atoms with E-state index in [2.05, 4.69) is 10.1 Å². The molecule has 0 spiro atoms. The second-order valence-electron chi connectivity index (χ2n) is 6.84. The lowest BCUT2D eigenvalue weighted by molar-refractivity contribution is 0.0194. The van der Waals surface area contributed by atoms with Gasteiger partial charge in [-0.05, 0) is 18.9 Å². The molecule has 1 N–H and O–H groups in total. The van der Waals surface area contributed by atoms with Gasteiger partial charge in [-0.25, -0.2) is 17.2 Å². The van der Waals surface area contributed by atoms with Gasteiger partial charge in [0.05, 0.1) is 12.3 Å². The summed E-state index contributed by atoms with van der Waals surface area (Å²) in [7, 11) is -3.90. The molecule has 0 bridgehead atoms. The smallest absolute Gasteiger partial charge is 0.260 e. The van der Waals surface area contributed by atoms with Gasteiger partial charge in [0, 0.05) is 30.5 Å². The van der Waals surface area contributed by atoms with E-state index in [1.54, 1.807) is 0 Å². The molecule has 4 rings (SSSR count). The molecular weight excluding hydrogens is 368 g/mol. The van der Waals surface area contributed by atoms with Crippen molar-refractivity contribution in [2.75, 3.05) is 13.1 Å². The third kappa shape index (κ3) is 3.24. The lowest BCUT2D eigenvalue weighted by atomic mass is 10.0. The van der Waals surface area contributed by atoms with Gasteiger partial charge in [0.1, 0.15) is 11.6 Å². The summed E-state index contributed by atoms with van der Waals surface area (Å²) in [6.07, 6.45) is 2.05. The van der Waals surface area contributed by atoms with Crippen LogP contribution in [0.4, 0.5) is 8.78 Å². The van der Waals surface area contributed by atoms with Gasteiger partial charge < -0.3 is 9.63 Å². The van der Waals surface area contributed by atoms with Crippen LogP contribution in [0.25, 0.3) is 0 Å². The fraction of sp³-hybridized carbons (Fsp3) is 0.500. The van der Waals surface area contributed by atoms with Crippen LogP contribution in [-0.4, -0.2) is 41.1 Å². The van der Waals surface area contributed by atoms with Crippen LogP contribution in [0.3, 0.4) is 0 Å². The number of sulfonamides is 1. The van der Waals surface area contributed by atoms with Gasteiger partial charge in [-0.2, -0.15) is 9.29 Å². The number of aliphatic hydroxyl groups is 1. The summed E-state index contributed by atoms with van der Waals surface area (Å²) in [5, 5.41) is 14.6. The first kappa shape index (κ1) is 17.5. The highest BCUT2D eigenvalue weighted by Crippen LogP contribution is 2.40. The third-order valence-corrected chi connectivity index (χ3v) is 6.52. The minimum atomic E-state index is -3.90. The molecule has 1 aromatic heterocycles. The topological polar surface area (TPSA) is 96.5 Å².